The fraction of sp³-hybridized carbons (Fsp3) is 0.667. The standard InChI is InChI=1S/C9H15N3O/c1-2-4-12-5-3-8-7(6-12)11-9(10)13-8/h2-6H2,1H3,(H2,10,11). The van der Waals surface area contributed by atoms with Crippen LogP contribution in [0.2, 0.25) is 0 Å². The van der Waals surface area contributed by atoms with Gasteiger partial charge >= 0.3 is 0 Å². The second kappa shape index (κ2) is 3.38. The van der Waals surface area contributed by atoms with Crippen molar-refractivity contribution < 1.29 is 4.42 Å². The van der Waals surface area contributed by atoms with Crippen molar-refractivity contribution >= 4 is 6.01 Å². The van der Waals surface area contributed by atoms with Gasteiger partial charge in [-0.3, -0.25) is 4.90 Å². The molecule has 0 radical (unpaired) electrons. The summed E-state index contributed by atoms with van der Waals surface area (Å²) in [6.07, 6.45) is 2.13. The number of nitrogens with two attached hydrogens (primary N) is 1. The minimum absolute atomic E-state index is 0.309. The molecule has 1 aromatic heterocycles. The van der Waals surface area contributed by atoms with Crippen LogP contribution in [0.5, 0.6) is 0 Å². The molecule has 0 amide bonds. The second-order valence-corrected chi connectivity index (χ2v) is 3.45. The number of rotatable bonds is 2. The van der Waals surface area contributed by atoms with Crippen LogP contribution in [-0.4, -0.2) is 23.0 Å². The van der Waals surface area contributed by atoms with Crippen LogP contribution < -0.4 is 5.73 Å². The lowest BCUT2D eigenvalue weighted by Gasteiger charge is -2.24. The van der Waals surface area contributed by atoms with Crippen molar-refractivity contribution in [3.05, 3.63) is 11.5 Å². The van der Waals surface area contributed by atoms with Crippen LogP contribution in [0.3, 0.4) is 0 Å². The zero-order valence-corrected chi connectivity index (χ0v) is 7.92. The molecule has 0 atom stereocenters. The molecule has 0 fully saturated rings. The van der Waals surface area contributed by atoms with Gasteiger partial charge in [0, 0.05) is 19.5 Å². The van der Waals surface area contributed by atoms with E-state index in [1.807, 2.05) is 0 Å². The third-order valence-corrected chi connectivity index (χ3v) is 2.36. The summed E-state index contributed by atoms with van der Waals surface area (Å²) in [6, 6.07) is 0.309. The normalized spacial score (nSPS) is 17.3. The smallest absolute Gasteiger partial charge is 0.292 e. The highest BCUT2D eigenvalue weighted by atomic mass is 16.4. The number of anilines is 1. The van der Waals surface area contributed by atoms with Gasteiger partial charge in [-0.1, -0.05) is 6.92 Å². The molecule has 13 heavy (non-hydrogen) atoms. The summed E-state index contributed by atoms with van der Waals surface area (Å²) in [5, 5.41) is 0. The van der Waals surface area contributed by atoms with Gasteiger partial charge in [-0.05, 0) is 13.0 Å². The summed E-state index contributed by atoms with van der Waals surface area (Å²) in [5.41, 5.74) is 6.51. The van der Waals surface area contributed by atoms with Crippen molar-refractivity contribution in [1.82, 2.24) is 9.88 Å². The molecule has 0 saturated heterocycles. The minimum atomic E-state index is 0.309. The Morgan fingerprint density at radius 2 is 2.46 bits per heavy atom. The lowest BCUT2D eigenvalue weighted by molar-refractivity contribution is 0.241. The number of hydrogen-bond donors (Lipinski definition) is 1. The lowest BCUT2D eigenvalue weighted by atomic mass is 10.1. The average Bonchev–Trinajstić information content (AvgIpc) is 2.44. The first-order valence-corrected chi connectivity index (χ1v) is 4.76. The fourth-order valence-electron chi connectivity index (χ4n) is 1.78. The van der Waals surface area contributed by atoms with Crippen LogP contribution in [0.1, 0.15) is 24.8 Å². The molecular weight excluding hydrogens is 166 g/mol. The quantitative estimate of drug-likeness (QED) is 0.740. The third-order valence-electron chi connectivity index (χ3n) is 2.36. The van der Waals surface area contributed by atoms with Gasteiger partial charge in [0.05, 0.1) is 5.69 Å². The zero-order chi connectivity index (χ0) is 9.26. The molecule has 2 heterocycles. The largest absolute Gasteiger partial charge is 0.429 e. The summed E-state index contributed by atoms with van der Waals surface area (Å²) in [6.45, 7) is 5.28. The fourth-order valence-corrected chi connectivity index (χ4v) is 1.78. The van der Waals surface area contributed by atoms with E-state index in [0.29, 0.717) is 6.01 Å². The first kappa shape index (κ1) is 8.56. The molecule has 0 aromatic carbocycles. The highest BCUT2D eigenvalue weighted by molar-refractivity contribution is 5.21. The van der Waals surface area contributed by atoms with Gasteiger partial charge in [0.1, 0.15) is 5.76 Å². The van der Waals surface area contributed by atoms with E-state index in [1.54, 1.807) is 0 Å². The first-order chi connectivity index (χ1) is 6.29. The lowest BCUT2D eigenvalue weighted by Crippen LogP contribution is -2.30. The number of oxazole rings is 1. The summed E-state index contributed by atoms with van der Waals surface area (Å²) < 4.78 is 5.27. The van der Waals surface area contributed by atoms with Crippen LogP contribution in [0.4, 0.5) is 6.01 Å². The Bertz CT molecular complexity index is 295. The SMILES string of the molecule is CCCN1CCc2oc(N)nc2C1. The molecule has 2 N–H and O–H groups in total. The average molecular weight is 181 g/mol. The van der Waals surface area contributed by atoms with Gasteiger partial charge in [-0.15, -0.1) is 0 Å². The molecule has 72 valence electrons. The van der Waals surface area contributed by atoms with E-state index >= 15 is 0 Å². The molecule has 0 saturated carbocycles. The Morgan fingerprint density at radius 3 is 3.23 bits per heavy atom. The summed E-state index contributed by atoms with van der Waals surface area (Å²) >= 11 is 0. The molecule has 1 aromatic rings. The van der Waals surface area contributed by atoms with E-state index in [1.165, 1.54) is 6.42 Å². The highest BCUT2D eigenvalue weighted by Crippen LogP contribution is 2.20. The van der Waals surface area contributed by atoms with Crippen molar-refractivity contribution in [3.8, 4) is 0 Å². The molecule has 1 aliphatic rings. The summed E-state index contributed by atoms with van der Waals surface area (Å²) in [4.78, 5) is 6.53. The molecule has 2 rings (SSSR count). The van der Waals surface area contributed by atoms with Crippen LogP contribution >= 0.6 is 0 Å². The summed E-state index contributed by atoms with van der Waals surface area (Å²) in [7, 11) is 0. The minimum Gasteiger partial charge on any atom is -0.429 e. The van der Waals surface area contributed by atoms with E-state index in [2.05, 4.69) is 16.8 Å². The van der Waals surface area contributed by atoms with E-state index in [4.69, 9.17) is 10.2 Å². The third kappa shape index (κ3) is 1.67. The molecular formula is C9H15N3O. The van der Waals surface area contributed by atoms with Gasteiger partial charge in [-0.25, -0.2) is 0 Å². The maximum absolute atomic E-state index is 5.48. The van der Waals surface area contributed by atoms with Crippen molar-refractivity contribution in [2.75, 3.05) is 18.8 Å². The molecule has 4 heteroatoms. The molecule has 0 unspecified atom stereocenters. The van der Waals surface area contributed by atoms with Crippen LogP contribution in [0, 0.1) is 0 Å². The van der Waals surface area contributed by atoms with Crippen LogP contribution in [0.15, 0.2) is 4.42 Å². The number of aromatic nitrogens is 1. The topological polar surface area (TPSA) is 55.3 Å². The van der Waals surface area contributed by atoms with Gasteiger partial charge in [0.2, 0.25) is 0 Å². The first-order valence-electron chi connectivity index (χ1n) is 4.76. The molecule has 0 spiro atoms. The Hall–Kier alpha value is -1.03. The van der Waals surface area contributed by atoms with Crippen LogP contribution in [0.25, 0.3) is 0 Å². The maximum atomic E-state index is 5.48. The second-order valence-electron chi connectivity index (χ2n) is 3.45. The molecule has 0 bridgehead atoms. The van der Waals surface area contributed by atoms with E-state index in [-0.39, 0.29) is 0 Å². The number of fused-ring (bicyclic) bond motifs is 1. The number of nitrogen functional groups attached to an aromatic ring is 1. The van der Waals surface area contributed by atoms with Crippen molar-refractivity contribution in [3.63, 3.8) is 0 Å². The molecule has 0 aliphatic carbocycles. The summed E-state index contributed by atoms with van der Waals surface area (Å²) in [5.74, 6) is 0.977. The predicted octanol–water partition coefficient (Wildman–Crippen LogP) is 1.02. The monoisotopic (exact) mass is 181 g/mol. The van der Waals surface area contributed by atoms with Crippen LogP contribution in [-0.2, 0) is 13.0 Å². The van der Waals surface area contributed by atoms with Crippen molar-refractivity contribution in [1.29, 1.82) is 0 Å². The van der Waals surface area contributed by atoms with Gasteiger partial charge < -0.3 is 10.2 Å². The Balaban J connectivity index is 2.10. The molecule has 4 nitrogen and oxygen atoms in total. The molecule has 1 aliphatic heterocycles. The van der Waals surface area contributed by atoms with Gasteiger partial charge in [-0.2, -0.15) is 4.98 Å². The maximum Gasteiger partial charge on any atom is 0.292 e. The number of hydrogen-bond acceptors (Lipinski definition) is 4. The Kier molecular flexibility index (Phi) is 2.22. The van der Waals surface area contributed by atoms with Crippen molar-refractivity contribution in [2.45, 2.75) is 26.3 Å². The van der Waals surface area contributed by atoms with Gasteiger partial charge in [0.15, 0.2) is 0 Å². The number of nitrogens with zero attached hydrogens (tertiary/aromatic N) is 2. The van der Waals surface area contributed by atoms with E-state index in [0.717, 1.165) is 37.5 Å². The van der Waals surface area contributed by atoms with Gasteiger partial charge in [0.25, 0.3) is 6.01 Å². The van der Waals surface area contributed by atoms with Crippen molar-refractivity contribution in [2.24, 2.45) is 0 Å². The van der Waals surface area contributed by atoms with E-state index in [9.17, 15) is 0 Å². The Morgan fingerprint density at radius 1 is 1.62 bits per heavy atom. The zero-order valence-electron chi connectivity index (χ0n) is 7.92. The predicted molar refractivity (Wildman–Crippen MR) is 50.2 cm³/mol. The highest BCUT2D eigenvalue weighted by Gasteiger charge is 2.20. The Labute approximate surface area is 77.7 Å². The van der Waals surface area contributed by atoms with E-state index < -0.39 is 0 Å².